The van der Waals surface area contributed by atoms with Crippen molar-refractivity contribution < 1.29 is 9.59 Å². The number of amides is 2. The van der Waals surface area contributed by atoms with E-state index in [1.54, 1.807) is 0 Å². The molecule has 0 radical (unpaired) electrons. The van der Waals surface area contributed by atoms with Crippen LogP contribution in [0.4, 0.5) is 0 Å². The van der Waals surface area contributed by atoms with Gasteiger partial charge in [-0.3, -0.25) is 14.5 Å². The van der Waals surface area contributed by atoms with Crippen molar-refractivity contribution in [1.29, 1.82) is 0 Å². The molecule has 1 heterocycles. The molecule has 0 spiro atoms. The first-order chi connectivity index (χ1) is 11.9. The summed E-state index contributed by atoms with van der Waals surface area (Å²) in [7, 11) is 4.00. The van der Waals surface area contributed by atoms with Crippen molar-refractivity contribution in [2.24, 2.45) is 5.92 Å². The number of benzene rings is 1. The van der Waals surface area contributed by atoms with E-state index in [1.165, 1.54) is 5.56 Å². The zero-order valence-corrected chi connectivity index (χ0v) is 15.8. The highest BCUT2D eigenvalue weighted by atomic mass is 16.2. The molecular weight excluding hydrogens is 314 g/mol. The zero-order valence-electron chi connectivity index (χ0n) is 15.8. The lowest BCUT2D eigenvalue weighted by Gasteiger charge is -2.43. The highest BCUT2D eigenvalue weighted by Crippen LogP contribution is 2.42. The zero-order chi connectivity index (χ0) is 18.2. The van der Waals surface area contributed by atoms with Gasteiger partial charge in [0.05, 0.1) is 0 Å². The summed E-state index contributed by atoms with van der Waals surface area (Å²) in [5, 5.41) is 0. The van der Waals surface area contributed by atoms with Crippen LogP contribution in [0.1, 0.15) is 31.4 Å². The van der Waals surface area contributed by atoms with E-state index in [1.807, 2.05) is 49.9 Å². The van der Waals surface area contributed by atoms with Gasteiger partial charge >= 0.3 is 0 Å². The van der Waals surface area contributed by atoms with E-state index in [0.29, 0.717) is 26.2 Å². The topological polar surface area (TPSA) is 43.9 Å². The van der Waals surface area contributed by atoms with E-state index in [-0.39, 0.29) is 17.7 Å². The molecular formula is C20H29N3O2. The lowest BCUT2D eigenvalue weighted by atomic mass is 9.88. The molecule has 1 saturated heterocycles. The summed E-state index contributed by atoms with van der Waals surface area (Å²) in [6, 6.07) is 8.30. The van der Waals surface area contributed by atoms with Crippen LogP contribution in [-0.4, -0.2) is 66.8 Å². The van der Waals surface area contributed by atoms with Crippen molar-refractivity contribution in [2.75, 3.05) is 40.3 Å². The third kappa shape index (κ3) is 2.95. The molecule has 2 amide bonds. The molecule has 5 heteroatoms. The van der Waals surface area contributed by atoms with Gasteiger partial charge in [0.15, 0.2) is 0 Å². The van der Waals surface area contributed by atoms with Crippen LogP contribution in [0.5, 0.6) is 0 Å². The molecule has 1 aromatic rings. The average molecular weight is 343 g/mol. The summed E-state index contributed by atoms with van der Waals surface area (Å²) in [5.41, 5.74) is 1.85. The first kappa shape index (κ1) is 17.9. The fourth-order valence-electron chi connectivity index (χ4n) is 4.23. The van der Waals surface area contributed by atoms with E-state index in [2.05, 4.69) is 17.0 Å². The summed E-state index contributed by atoms with van der Waals surface area (Å²) in [5.74, 6) is 0.372. The Morgan fingerprint density at radius 3 is 2.24 bits per heavy atom. The Hall–Kier alpha value is -1.88. The van der Waals surface area contributed by atoms with Crippen LogP contribution in [0.15, 0.2) is 24.3 Å². The number of likely N-dealkylation sites (N-methyl/N-ethyl adjacent to an activating group) is 1. The quantitative estimate of drug-likeness (QED) is 0.839. The Kier molecular flexibility index (Phi) is 4.87. The SMILES string of the molecule is CC(C)C(=O)N1CCN(C(=O)[C@@]2(N(C)C)CCc3ccccc32)CC1. The van der Waals surface area contributed by atoms with Gasteiger partial charge in [-0.05, 0) is 38.1 Å². The molecule has 136 valence electrons. The van der Waals surface area contributed by atoms with Gasteiger partial charge in [-0.2, -0.15) is 0 Å². The molecule has 0 saturated carbocycles. The molecule has 1 aliphatic carbocycles. The van der Waals surface area contributed by atoms with Gasteiger partial charge < -0.3 is 9.80 Å². The number of carbonyl (C=O) groups excluding carboxylic acids is 2. The molecule has 2 aliphatic rings. The van der Waals surface area contributed by atoms with Crippen molar-refractivity contribution in [3.63, 3.8) is 0 Å². The Morgan fingerprint density at radius 2 is 1.64 bits per heavy atom. The van der Waals surface area contributed by atoms with Gasteiger partial charge in [0.2, 0.25) is 11.8 Å². The summed E-state index contributed by atoms with van der Waals surface area (Å²) in [6.45, 7) is 6.36. The molecule has 0 bridgehead atoms. The lowest BCUT2D eigenvalue weighted by molar-refractivity contribution is -0.149. The summed E-state index contributed by atoms with van der Waals surface area (Å²) < 4.78 is 0. The van der Waals surface area contributed by atoms with Crippen molar-refractivity contribution in [3.05, 3.63) is 35.4 Å². The molecule has 1 aliphatic heterocycles. The summed E-state index contributed by atoms with van der Waals surface area (Å²) >= 11 is 0. The molecule has 0 N–H and O–H groups in total. The monoisotopic (exact) mass is 343 g/mol. The number of nitrogens with zero attached hydrogens (tertiary/aromatic N) is 3. The van der Waals surface area contributed by atoms with E-state index in [9.17, 15) is 9.59 Å². The van der Waals surface area contributed by atoms with Crippen molar-refractivity contribution in [3.8, 4) is 0 Å². The molecule has 1 fully saturated rings. The van der Waals surface area contributed by atoms with Gasteiger partial charge in [-0.1, -0.05) is 38.1 Å². The second kappa shape index (κ2) is 6.79. The fourth-order valence-corrected chi connectivity index (χ4v) is 4.23. The Morgan fingerprint density at radius 1 is 1.04 bits per heavy atom. The molecule has 5 nitrogen and oxygen atoms in total. The standard InChI is InChI=1S/C20H29N3O2/c1-15(2)18(24)22-11-13-23(14-12-22)19(25)20(21(3)4)10-9-16-7-5-6-8-17(16)20/h5-8,15H,9-14H2,1-4H3/t20-/m1/s1. The minimum atomic E-state index is -0.569. The van der Waals surface area contributed by atoms with Crippen molar-refractivity contribution in [2.45, 2.75) is 32.2 Å². The number of hydrogen-bond donors (Lipinski definition) is 0. The van der Waals surface area contributed by atoms with E-state index in [0.717, 1.165) is 18.4 Å². The van der Waals surface area contributed by atoms with Crippen LogP contribution in [0.2, 0.25) is 0 Å². The van der Waals surface area contributed by atoms with Crippen LogP contribution in [0.25, 0.3) is 0 Å². The number of rotatable bonds is 3. The molecule has 1 atom stereocenters. The predicted molar refractivity (Wildman–Crippen MR) is 98.1 cm³/mol. The van der Waals surface area contributed by atoms with Crippen molar-refractivity contribution in [1.82, 2.24) is 14.7 Å². The van der Waals surface area contributed by atoms with Gasteiger partial charge in [0.1, 0.15) is 5.54 Å². The van der Waals surface area contributed by atoms with E-state index in [4.69, 9.17) is 0 Å². The molecule has 0 unspecified atom stereocenters. The maximum Gasteiger partial charge on any atom is 0.247 e. The molecule has 3 rings (SSSR count). The third-order valence-corrected chi connectivity index (χ3v) is 5.71. The second-order valence-electron chi connectivity index (χ2n) is 7.68. The van der Waals surface area contributed by atoms with Gasteiger partial charge in [0.25, 0.3) is 0 Å². The average Bonchev–Trinajstić information content (AvgIpc) is 3.01. The number of piperazine rings is 1. The molecule has 0 aromatic heterocycles. The Bertz CT molecular complexity index is 663. The maximum atomic E-state index is 13.5. The third-order valence-electron chi connectivity index (χ3n) is 5.71. The first-order valence-corrected chi connectivity index (χ1v) is 9.22. The number of fused-ring (bicyclic) bond motifs is 1. The van der Waals surface area contributed by atoms with Crippen molar-refractivity contribution >= 4 is 11.8 Å². The molecule has 25 heavy (non-hydrogen) atoms. The highest BCUT2D eigenvalue weighted by molar-refractivity contribution is 5.89. The van der Waals surface area contributed by atoms with Crippen LogP contribution in [0, 0.1) is 5.92 Å². The molecule has 1 aromatic carbocycles. The Labute approximate surface area is 150 Å². The number of aryl methyl sites for hydroxylation is 1. The van der Waals surface area contributed by atoms with Gasteiger partial charge in [0, 0.05) is 32.1 Å². The summed E-state index contributed by atoms with van der Waals surface area (Å²) in [6.07, 6.45) is 1.76. The van der Waals surface area contributed by atoms with Gasteiger partial charge in [-0.25, -0.2) is 0 Å². The lowest BCUT2D eigenvalue weighted by Crippen LogP contribution is -2.59. The second-order valence-corrected chi connectivity index (χ2v) is 7.68. The van der Waals surface area contributed by atoms with Gasteiger partial charge in [-0.15, -0.1) is 0 Å². The Balaban J connectivity index is 1.80. The van der Waals surface area contributed by atoms with E-state index < -0.39 is 5.54 Å². The van der Waals surface area contributed by atoms with Crippen LogP contribution in [-0.2, 0) is 21.5 Å². The van der Waals surface area contributed by atoms with Crippen LogP contribution < -0.4 is 0 Å². The number of hydrogen-bond acceptors (Lipinski definition) is 3. The smallest absolute Gasteiger partial charge is 0.247 e. The maximum absolute atomic E-state index is 13.5. The van der Waals surface area contributed by atoms with Crippen LogP contribution in [0.3, 0.4) is 0 Å². The largest absolute Gasteiger partial charge is 0.339 e. The number of carbonyl (C=O) groups is 2. The summed E-state index contributed by atoms with van der Waals surface area (Å²) in [4.78, 5) is 31.6. The fraction of sp³-hybridized carbons (Fsp3) is 0.600. The first-order valence-electron chi connectivity index (χ1n) is 9.22. The predicted octanol–water partition coefficient (Wildman–Crippen LogP) is 1.72. The normalized spacial score (nSPS) is 23.3. The minimum Gasteiger partial charge on any atom is -0.339 e. The minimum absolute atomic E-state index is 0.0112. The van der Waals surface area contributed by atoms with Crippen LogP contribution >= 0.6 is 0 Å². The van der Waals surface area contributed by atoms with E-state index >= 15 is 0 Å². The highest BCUT2D eigenvalue weighted by Gasteiger charge is 2.49.